The molecule has 1 aromatic heterocycles. The van der Waals surface area contributed by atoms with Crippen molar-refractivity contribution in [2.24, 2.45) is 0 Å². The predicted molar refractivity (Wildman–Crippen MR) is 92.8 cm³/mol. The van der Waals surface area contributed by atoms with Gasteiger partial charge >= 0.3 is 0 Å². The third-order valence-electron chi connectivity index (χ3n) is 4.65. The first-order valence-corrected chi connectivity index (χ1v) is 7.98. The van der Waals surface area contributed by atoms with Crippen LogP contribution in [0.2, 0.25) is 0 Å². The van der Waals surface area contributed by atoms with Crippen molar-refractivity contribution in [2.75, 3.05) is 4.90 Å². The van der Waals surface area contributed by atoms with Gasteiger partial charge in [-0.2, -0.15) is 0 Å². The molecule has 0 fully saturated rings. The largest absolute Gasteiger partial charge is 0.302 e. The number of amides is 1. The molecule has 0 radical (unpaired) electrons. The average Bonchev–Trinajstić information content (AvgIpc) is 2.92. The number of nitrogens with zero attached hydrogens (tertiary/aromatic N) is 2. The van der Waals surface area contributed by atoms with Gasteiger partial charge in [0.2, 0.25) is 0 Å². The van der Waals surface area contributed by atoms with Gasteiger partial charge in [0.25, 0.3) is 5.91 Å². The molecule has 2 heterocycles. The topological polar surface area (TPSA) is 33.2 Å². The number of aryl methyl sites for hydroxylation is 2. The number of hydrogen-bond acceptors (Lipinski definition) is 2. The summed E-state index contributed by atoms with van der Waals surface area (Å²) in [6.07, 6.45) is 1.00. The maximum Gasteiger partial charge on any atom is 0.260 e. The van der Waals surface area contributed by atoms with Crippen molar-refractivity contribution in [1.29, 1.82) is 0 Å². The van der Waals surface area contributed by atoms with Crippen molar-refractivity contribution >= 4 is 22.5 Å². The summed E-state index contributed by atoms with van der Waals surface area (Å²) in [4.78, 5) is 19.4. The van der Waals surface area contributed by atoms with Crippen molar-refractivity contribution in [3.63, 3.8) is 0 Å². The third kappa shape index (κ3) is 2.12. The molecule has 0 bridgehead atoms. The van der Waals surface area contributed by atoms with Gasteiger partial charge in [0.1, 0.15) is 0 Å². The molecule has 1 aliphatic rings. The van der Waals surface area contributed by atoms with Gasteiger partial charge < -0.3 is 4.90 Å². The monoisotopic (exact) mass is 302 g/mol. The Hall–Kier alpha value is -2.68. The van der Waals surface area contributed by atoms with Crippen LogP contribution in [0.25, 0.3) is 10.9 Å². The van der Waals surface area contributed by atoms with Crippen LogP contribution in [0.4, 0.5) is 5.69 Å². The molecule has 0 spiro atoms. The van der Waals surface area contributed by atoms with Crippen molar-refractivity contribution in [1.82, 2.24) is 4.98 Å². The number of rotatable bonds is 2. The van der Waals surface area contributed by atoms with Crippen molar-refractivity contribution in [2.45, 2.75) is 26.8 Å². The molecule has 3 aromatic rings. The van der Waals surface area contributed by atoms with Crippen molar-refractivity contribution < 1.29 is 4.79 Å². The highest BCUT2D eigenvalue weighted by atomic mass is 16.2. The van der Waals surface area contributed by atoms with Gasteiger partial charge in [-0.05, 0) is 42.7 Å². The zero-order valence-electron chi connectivity index (χ0n) is 13.3. The van der Waals surface area contributed by atoms with Gasteiger partial charge in [-0.25, -0.2) is 0 Å². The molecule has 1 aliphatic heterocycles. The maximum absolute atomic E-state index is 12.9. The van der Waals surface area contributed by atoms with E-state index in [-0.39, 0.29) is 5.91 Å². The second kappa shape index (κ2) is 5.20. The molecule has 3 nitrogen and oxygen atoms in total. The number of para-hydroxylation sites is 1. The molecule has 23 heavy (non-hydrogen) atoms. The normalized spacial score (nSPS) is 13.7. The van der Waals surface area contributed by atoms with E-state index in [4.69, 9.17) is 4.98 Å². The standard InChI is InChI=1S/C20H18N2O/c1-3-14-8-10-15(11-9-14)22-12-18-19(20(22)23)13(2)16-6-4-5-7-17(16)21-18/h4-11H,3,12H2,1-2H3. The van der Waals surface area contributed by atoms with E-state index in [9.17, 15) is 4.79 Å². The summed E-state index contributed by atoms with van der Waals surface area (Å²) in [5.41, 5.74) is 5.85. The highest BCUT2D eigenvalue weighted by Crippen LogP contribution is 2.32. The number of pyridine rings is 1. The molecular formula is C20H18N2O. The lowest BCUT2D eigenvalue weighted by Crippen LogP contribution is -2.23. The lowest BCUT2D eigenvalue weighted by atomic mass is 10.0. The summed E-state index contributed by atoms with van der Waals surface area (Å²) in [6.45, 7) is 4.69. The molecule has 0 aliphatic carbocycles. The fraction of sp³-hybridized carbons (Fsp3) is 0.200. The summed E-state index contributed by atoms with van der Waals surface area (Å²) < 4.78 is 0. The zero-order valence-corrected chi connectivity index (χ0v) is 13.3. The molecule has 4 rings (SSSR count). The van der Waals surface area contributed by atoms with E-state index >= 15 is 0 Å². The minimum absolute atomic E-state index is 0.0556. The minimum Gasteiger partial charge on any atom is -0.302 e. The van der Waals surface area contributed by atoms with E-state index in [1.807, 2.05) is 48.2 Å². The summed E-state index contributed by atoms with van der Waals surface area (Å²) >= 11 is 0. The SMILES string of the molecule is CCc1ccc(N2Cc3nc4ccccc4c(C)c3C2=O)cc1. The lowest BCUT2D eigenvalue weighted by Gasteiger charge is -2.15. The van der Waals surface area contributed by atoms with E-state index in [2.05, 4.69) is 19.1 Å². The summed E-state index contributed by atoms with van der Waals surface area (Å²) in [6, 6.07) is 16.2. The van der Waals surface area contributed by atoms with Gasteiger partial charge in [0.05, 0.1) is 23.3 Å². The molecule has 0 atom stereocenters. The van der Waals surface area contributed by atoms with Gasteiger partial charge in [-0.3, -0.25) is 9.78 Å². The quantitative estimate of drug-likeness (QED) is 0.708. The molecule has 0 saturated heterocycles. The fourth-order valence-corrected chi connectivity index (χ4v) is 3.32. The molecule has 0 saturated carbocycles. The number of carbonyl (C=O) groups is 1. The number of anilines is 1. The molecule has 1 amide bonds. The van der Waals surface area contributed by atoms with Crippen LogP contribution in [0.15, 0.2) is 48.5 Å². The molecule has 2 aromatic carbocycles. The van der Waals surface area contributed by atoms with Gasteiger partial charge in [-0.15, -0.1) is 0 Å². The third-order valence-corrected chi connectivity index (χ3v) is 4.65. The van der Waals surface area contributed by atoms with Crippen LogP contribution in [-0.4, -0.2) is 10.9 Å². The van der Waals surface area contributed by atoms with Crippen LogP contribution < -0.4 is 4.90 Å². The second-order valence-corrected chi connectivity index (χ2v) is 5.99. The molecule has 114 valence electrons. The maximum atomic E-state index is 12.9. The first-order chi connectivity index (χ1) is 11.2. The summed E-state index contributed by atoms with van der Waals surface area (Å²) in [5, 5.41) is 1.06. The highest BCUT2D eigenvalue weighted by Gasteiger charge is 2.32. The van der Waals surface area contributed by atoms with Crippen LogP contribution in [-0.2, 0) is 13.0 Å². The molecule has 0 N–H and O–H groups in total. The van der Waals surface area contributed by atoms with Gasteiger partial charge in [0.15, 0.2) is 0 Å². The Bertz CT molecular complexity index is 913. The summed E-state index contributed by atoms with van der Waals surface area (Å²) in [5.74, 6) is 0.0556. The van der Waals surface area contributed by atoms with Crippen LogP contribution in [0.1, 0.15) is 34.1 Å². The molecular weight excluding hydrogens is 284 g/mol. The van der Waals surface area contributed by atoms with Crippen LogP contribution in [0.3, 0.4) is 0 Å². The second-order valence-electron chi connectivity index (χ2n) is 5.99. The average molecular weight is 302 g/mol. The van der Waals surface area contributed by atoms with E-state index in [0.29, 0.717) is 6.54 Å². The van der Waals surface area contributed by atoms with E-state index < -0.39 is 0 Å². The van der Waals surface area contributed by atoms with E-state index in [1.54, 1.807) is 0 Å². The van der Waals surface area contributed by atoms with Crippen molar-refractivity contribution in [3.05, 3.63) is 70.9 Å². The minimum atomic E-state index is 0.0556. The summed E-state index contributed by atoms with van der Waals surface area (Å²) in [7, 11) is 0. The Labute approximate surface area is 135 Å². The van der Waals surface area contributed by atoms with E-state index in [0.717, 1.165) is 39.8 Å². The van der Waals surface area contributed by atoms with Crippen molar-refractivity contribution in [3.8, 4) is 0 Å². The highest BCUT2D eigenvalue weighted by molar-refractivity contribution is 6.12. The fourth-order valence-electron chi connectivity index (χ4n) is 3.32. The Morgan fingerprint density at radius 3 is 2.57 bits per heavy atom. The number of benzene rings is 2. The number of aromatic nitrogens is 1. The Balaban J connectivity index is 1.81. The zero-order chi connectivity index (χ0) is 16.0. The molecule has 0 unspecified atom stereocenters. The smallest absolute Gasteiger partial charge is 0.260 e. The molecule has 3 heteroatoms. The van der Waals surface area contributed by atoms with Crippen LogP contribution in [0.5, 0.6) is 0 Å². The number of hydrogen-bond donors (Lipinski definition) is 0. The van der Waals surface area contributed by atoms with Gasteiger partial charge in [0, 0.05) is 11.1 Å². The lowest BCUT2D eigenvalue weighted by molar-refractivity contribution is 0.0996. The Morgan fingerprint density at radius 2 is 1.83 bits per heavy atom. The first-order valence-electron chi connectivity index (χ1n) is 7.98. The van der Waals surface area contributed by atoms with Crippen LogP contribution in [0, 0.1) is 6.92 Å². The Kier molecular flexibility index (Phi) is 3.15. The predicted octanol–water partition coefficient (Wildman–Crippen LogP) is 4.27. The number of carbonyl (C=O) groups excluding carboxylic acids is 1. The van der Waals surface area contributed by atoms with Gasteiger partial charge in [-0.1, -0.05) is 37.3 Å². The van der Waals surface area contributed by atoms with E-state index in [1.165, 1.54) is 5.56 Å². The first kappa shape index (κ1) is 13.9. The van der Waals surface area contributed by atoms with Crippen LogP contribution >= 0.6 is 0 Å². The Morgan fingerprint density at radius 1 is 1.09 bits per heavy atom. The number of fused-ring (bicyclic) bond motifs is 2.